The summed E-state index contributed by atoms with van der Waals surface area (Å²) in [5.41, 5.74) is 0.506. The summed E-state index contributed by atoms with van der Waals surface area (Å²) in [5.74, 6) is -2.57. The van der Waals surface area contributed by atoms with Crippen LogP contribution in [0.2, 0.25) is 0 Å². The molecule has 27 heavy (non-hydrogen) atoms. The van der Waals surface area contributed by atoms with Crippen molar-refractivity contribution in [2.24, 2.45) is 7.05 Å². The molecule has 3 rings (SSSR count). The zero-order valence-electron chi connectivity index (χ0n) is 14.3. The predicted molar refractivity (Wildman–Crippen MR) is 95.0 cm³/mol. The van der Waals surface area contributed by atoms with Crippen molar-refractivity contribution in [3.63, 3.8) is 0 Å². The van der Waals surface area contributed by atoms with Crippen LogP contribution in [0.5, 0.6) is 0 Å². The molecule has 0 spiro atoms. The van der Waals surface area contributed by atoms with Gasteiger partial charge in [0.2, 0.25) is 5.91 Å². The summed E-state index contributed by atoms with van der Waals surface area (Å²) in [4.78, 5) is 46.2. The van der Waals surface area contributed by atoms with Gasteiger partial charge in [-0.1, -0.05) is 0 Å². The molecule has 0 fully saturated rings. The molecule has 2 aromatic heterocycles. The first-order chi connectivity index (χ1) is 12.8. The van der Waals surface area contributed by atoms with Gasteiger partial charge in [0.05, 0.1) is 10.9 Å². The number of carbonyl (C=O) groups is 3. The van der Waals surface area contributed by atoms with Crippen molar-refractivity contribution < 1.29 is 24.6 Å². The zero-order valence-corrected chi connectivity index (χ0v) is 14.3. The van der Waals surface area contributed by atoms with Gasteiger partial charge in [0.15, 0.2) is 5.69 Å². The monoisotopic (exact) mass is 372 g/mol. The van der Waals surface area contributed by atoms with Crippen molar-refractivity contribution in [3.05, 3.63) is 40.3 Å². The van der Waals surface area contributed by atoms with E-state index < -0.39 is 17.5 Å². The number of fused-ring (bicyclic) bond motifs is 2. The number of aromatic nitrogens is 3. The Bertz CT molecular complexity index is 1140. The summed E-state index contributed by atoms with van der Waals surface area (Å²) < 4.78 is 2.64. The average molecular weight is 372 g/mol. The smallest absolute Gasteiger partial charge is 0.356 e. The fraction of sp³-hybridized carbons (Fsp3) is 0.235. The van der Waals surface area contributed by atoms with E-state index in [1.165, 1.54) is 12.1 Å². The van der Waals surface area contributed by atoms with Gasteiger partial charge in [-0.05, 0) is 24.6 Å². The first-order valence-corrected chi connectivity index (χ1v) is 8.05. The highest BCUT2D eigenvalue weighted by atomic mass is 16.4. The Hall–Kier alpha value is -3.69. The van der Waals surface area contributed by atoms with Crippen LogP contribution in [0.4, 0.5) is 5.69 Å². The Morgan fingerprint density at radius 2 is 1.89 bits per heavy atom. The second kappa shape index (κ2) is 6.90. The minimum absolute atomic E-state index is 0.0442. The quantitative estimate of drug-likeness (QED) is 0.587. The number of aromatic carboxylic acids is 1. The molecule has 0 unspecified atom stereocenters. The molecule has 0 aliphatic carbocycles. The van der Waals surface area contributed by atoms with Crippen LogP contribution in [0.1, 0.15) is 29.8 Å². The third kappa shape index (κ3) is 3.50. The normalized spacial score (nSPS) is 11.0. The summed E-state index contributed by atoms with van der Waals surface area (Å²) >= 11 is 0. The van der Waals surface area contributed by atoms with E-state index in [1.807, 2.05) is 0 Å². The maximum atomic E-state index is 12.7. The predicted octanol–water partition coefficient (Wildman–Crippen LogP) is 1.08. The van der Waals surface area contributed by atoms with Gasteiger partial charge in [0, 0.05) is 31.6 Å². The molecule has 0 bridgehead atoms. The first kappa shape index (κ1) is 18.1. The third-order valence-corrected chi connectivity index (χ3v) is 4.11. The highest BCUT2D eigenvalue weighted by molar-refractivity contribution is 5.94. The second-order valence-electron chi connectivity index (χ2n) is 6.00. The number of rotatable bonds is 6. The standard InChI is InChI=1S/C17H16N4O6/c1-20-12-6-5-9(18-13(22)3-2-4-15(23)24)7-10(12)16(25)21-14(20)8-11(19-21)17(26)27/h5-8H,2-4H2,1H3,(H,18,22)(H,23,24)(H,26,27). The van der Waals surface area contributed by atoms with Gasteiger partial charge in [0.1, 0.15) is 5.65 Å². The topological polar surface area (TPSA) is 143 Å². The lowest BCUT2D eigenvalue weighted by molar-refractivity contribution is -0.137. The number of carboxylic acids is 2. The lowest BCUT2D eigenvalue weighted by Crippen LogP contribution is -2.19. The molecule has 2 heterocycles. The van der Waals surface area contributed by atoms with Crippen LogP contribution in [0, 0.1) is 0 Å². The highest BCUT2D eigenvalue weighted by Crippen LogP contribution is 2.19. The van der Waals surface area contributed by atoms with Crippen LogP contribution < -0.4 is 10.9 Å². The molecule has 3 N–H and O–H groups in total. The summed E-state index contributed by atoms with van der Waals surface area (Å²) in [7, 11) is 1.68. The molecule has 0 saturated heterocycles. The van der Waals surface area contributed by atoms with E-state index >= 15 is 0 Å². The average Bonchev–Trinajstić information content (AvgIpc) is 3.05. The van der Waals surface area contributed by atoms with Gasteiger partial charge in [-0.3, -0.25) is 14.4 Å². The van der Waals surface area contributed by atoms with Gasteiger partial charge in [-0.2, -0.15) is 9.61 Å². The molecule has 1 amide bonds. The van der Waals surface area contributed by atoms with Gasteiger partial charge >= 0.3 is 11.9 Å². The van der Waals surface area contributed by atoms with Crippen molar-refractivity contribution in [3.8, 4) is 0 Å². The van der Waals surface area contributed by atoms with Crippen molar-refractivity contribution in [1.29, 1.82) is 0 Å². The van der Waals surface area contributed by atoms with E-state index in [9.17, 15) is 19.2 Å². The van der Waals surface area contributed by atoms with Crippen LogP contribution in [-0.2, 0) is 16.6 Å². The molecule has 0 aliphatic heterocycles. The molecule has 0 atom stereocenters. The maximum Gasteiger partial charge on any atom is 0.356 e. The fourth-order valence-electron chi connectivity index (χ4n) is 2.80. The summed E-state index contributed by atoms with van der Waals surface area (Å²) in [6.45, 7) is 0. The van der Waals surface area contributed by atoms with Crippen molar-refractivity contribution in [2.45, 2.75) is 19.3 Å². The minimum Gasteiger partial charge on any atom is -0.481 e. The molecule has 140 valence electrons. The Balaban J connectivity index is 1.97. The van der Waals surface area contributed by atoms with Crippen LogP contribution in [0.25, 0.3) is 16.6 Å². The largest absolute Gasteiger partial charge is 0.481 e. The lowest BCUT2D eigenvalue weighted by atomic mass is 10.2. The van der Waals surface area contributed by atoms with Crippen molar-refractivity contribution in [1.82, 2.24) is 14.2 Å². The van der Waals surface area contributed by atoms with Gasteiger partial charge in [-0.25, -0.2) is 4.79 Å². The van der Waals surface area contributed by atoms with Crippen LogP contribution in [0.3, 0.4) is 0 Å². The zero-order chi connectivity index (χ0) is 19.7. The Kier molecular flexibility index (Phi) is 4.63. The maximum absolute atomic E-state index is 12.7. The van der Waals surface area contributed by atoms with Crippen LogP contribution >= 0.6 is 0 Å². The number of nitrogens with zero attached hydrogens (tertiary/aromatic N) is 3. The molecule has 10 heteroatoms. The number of aliphatic carboxylic acids is 1. The number of anilines is 1. The number of hydrogen-bond acceptors (Lipinski definition) is 5. The molecule has 1 aromatic carbocycles. The molecular formula is C17H16N4O6. The Morgan fingerprint density at radius 1 is 1.15 bits per heavy atom. The third-order valence-electron chi connectivity index (χ3n) is 4.11. The van der Waals surface area contributed by atoms with E-state index in [1.54, 1.807) is 23.7 Å². The fourth-order valence-corrected chi connectivity index (χ4v) is 2.80. The number of carboxylic acid groups (broad SMARTS) is 2. The van der Waals surface area contributed by atoms with Gasteiger partial charge < -0.3 is 20.1 Å². The second-order valence-corrected chi connectivity index (χ2v) is 6.00. The Labute approximate surface area is 151 Å². The number of carbonyl (C=O) groups excluding carboxylic acids is 1. The number of amides is 1. The number of hydrogen-bond donors (Lipinski definition) is 3. The van der Waals surface area contributed by atoms with E-state index in [2.05, 4.69) is 10.4 Å². The Morgan fingerprint density at radius 3 is 2.56 bits per heavy atom. The highest BCUT2D eigenvalue weighted by Gasteiger charge is 2.16. The summed E-state index contributed by atoms with van der Waals surface area (Å²) in [6, 6.07) is 6.04. The van der Waals surface area contributed by atoms with E-state index in [0.717, 1.165) is 4.52 Å². The van der Waals surface area contributed by atoms with Crippen LogP contribution in [-0.4, -0.2) is 42.2 Å². The lowest BCUT2D eigenvalue weighted by Gasteiger charge is -2.10. The van der Waals surface area contributed by atoms with E-state index in [4.69, 9.17) is 10.2 Å². The molecule has 3 aromatic rings. The summed E-state index contributed by atoms with van der Waals surface area (Å²) in [6.07, 6.45) is 0.153. The molecular weight excluding hydrogens is 356 g/mol. The molecule has 0 radical (unpaired) electrons. The van der Waals surface area contributed by atoms with Crippen molar-refractivity contribution in [2.75, 3.05) is 5.32 Å². The summed E-state index contributed by atoms with van der Waals surface area (Å²) in [5, 5.41) is 24.4. The number of aryl methyl sites for hydroxylation is 1. The number of benzene rings is 1. The van der Waals surface area contributed by atoms with Gasteiger partial charge in [0.25, 0.3) is 5.56 Å². The molecule has 0 saturated carbocycles. The molecule has 10 nitrogen and oxygen atoms in total. The number of nitrogens with one attached hydrogen (secondary N) is 1. The minimum atomic E-state index is -1.24. The molecule has 0 aliphatic rings. The van der Waals surface area contributed by atoms with E-state index in [-0.39, 0.29) is 36.2 Å². The van der Waals surface area contributed by atoms with Crippen LogP contribution in [0.15, 0.2) is 29.1 Å². The van der Waals surface area contributed by atoms with Gasteiger partial charge in [-0.15, -0.1) is 0 Å². The SMILES string of the molecule is Cn1c2ccc(NC(=O)CCCC(=O)O)cc2c(=O)n2nc(C(=O)O)cc12. The van der Waals surface area contributed by atoms with E-state index in [0.29, 0.717) is 16.9 Å². The van der Waals surface area contributed by atoms with Crippen molar-refractivity contribution >= 4 is 40.1 Å². The first-order valence-electron chi connectivity index (χ1n) is 8.05.